The highest BCUT2D eigenvalue weighted by Gasteiger charge is 2.17. The van der Waals surface area contributed by atoms with Gasteiger partial charge >= 0.3 is 0 Å². The maximum atomic E-state index is 11.5. The molecule has 0 aliphatic heterocycles. The fourth-order valence-electron chi connectivity index (χ4n) is 2.06. The van der Waals surface area contributed by atoms with Gasteiger partial charge in [0.2, 0.25) is 22.5 Å². The summed E-state index contributed by atoms with van der Waals surface area (Å²) >= 11 is 5.08. The SMILES string of the molecule is CC(=O)Nc1cc(NC(C)=O)c(-n2[nH]nnc2=S)c(NC(C)=O)c1. The molecule has 24 heavy (non-hydrogen) atoms. The molecule has 0 fully saturated rings. The molecule has 0 saturated carbocycles. The number of anilines is 3. The molecule has 0 spiro atoms. The first-order valence-corrected chi connectivity index (χ1v) is 7.20. The second-order valence-corrected chi connectivity index (χ2v) is 5.25. The number of hydrogen-bond donors (Lipinski definition) is 4. The Bertz CT molecular complexity index is 833. The van der Waals surface area contributed by atoms with Crippen molar-refractivity contribution in [3.05, 3.63) is 16.9 Å². The summed E-state index contributed by atoms with van der Waals surface area (Å²) in [6, 6.07) is 3.07. The number of nitrogens with zero attached hydrogens (tertiary/aromatic N) is 3. The molecule has 10 nitrogen and oxygen atoms in total. The van der Waals surface area contributed by atoms with E-state index in [1.807, 2.05) is 0 Å². The molecule has 0 atom stereocenters. The molecule has 11 heteroatoms. The third-order valence-electron chi connectivity index (χ3n) is 2.75. The maximum absolute atomic E-state index is 11.5. The Kier molecular flexibility index (Phi) is 5.04. The number of aromatic nitrogens is 4. The number of H-pyrrole nitrogens is 1. The number of rotatable bonds is 4. The predicted octanol–water partition coefficient (Wildman–Crippen LogP) is 1.20. The maximum Gasteiger partial charge on any atom is 0.243 e. The van der Waals surface area contributed by atoms with Gasteiger partial charge in [-0.15, -0.1) is 0 Å². The number of nitrogens with one attached hydrogen (secondary N) is 4. The highest BCUT2D eigenvalue weighted by Crippen LogP contribution is 2.33. The summed E-state index contributed by atoms with van der Waals surface area (Å²) in [7, 11) is 0. The van der Waals surface area contributed by atoms with Gasteiger partial charge in [0, 0.05) is 26.5 Å². The Labute approximate surface area is 141 Å². The average molecular weight is 349 g/mol. The van der Waals surface area contributed by atoms with Crippen molar-refractivity contribution >= 4 is 47.0 Å². The van der Waals surface area contributed by atoms with Crippen LogP contribution in [0.25, 0.3) is 5.69 Å². The van der Waals surface area contributed by atoms with Gasteiger partial charge in [0.25, 0.3) is 0 Å². The van der Waals surface area contributed by atoms with E-state index in [1.165, 1.54) is 37.6 Å². The van der Waals surface area contributed by atoms with Crippen LogP contribution in [0, 0.1) is 4.77 Å². The van der Waals surface area contributed by atoms with E-state index in [4.69, 9.17) is 12.2 Å². The molecule has 0 unspecified atom stereocenters. The molecular formula is C13H15N7O3S. The molecule has 0 aliphatic rings. The monoisotopic (exact) mass is 349 g/mol. The van der Waals surface area contributed by atoms with Crippen LogP contribution in [0.3, 0.4) is 0 Å². The topological polar surface area (TPSA) is 134 Å². The third kappa shape index (κ3) is 4.01. The average Bonchev–Trinajstić information content (AvgIpc) is 2.82. The molecular weight excluding hydrogens is 334 g/mol. The van der Waals surface area contributed by atoms with E-state index in [1.54, 1.807) is 0 Å². The zero-order chi connectivity index (χ0) is 17.9. The van der Waals surface area contributed by atoms with Crippen LogP contribution in [0.4, 0.5) is 17.1 Å². The lowest BCUT2D eigenvalue weighted by Gasteiger charge is -2.17. The van der Waals surface area contributed by atoms with Gasteiger partial charge in [-0.05, 0) is 24.4 Å². The van der Waals surface area contributed by atoms with Crippen molar-refractivity contribution in [2.45, 2.75) is 20.8 Å². The zero-order valence-corrected chi connectivity index (χ0v) is 13.9. The molecule has 1 heterocycles. The largest absolute Gasteiger partial charge is 0.326 e. The van der Waals surface area contributed by atoms with Crippen LogP contribution in [-0.2, 0) is 14.4 Å². The van der Waals surface area contributed by atoms with Crippen molar-refractivity contribution in [1.82, 2.24) is 20.2 Å². The van der Waals surface area contributed by atoms with E-state index in [0.717, 1.165) is 0 Å². The Morgan fingerprint density at radius 1 is 1.00 bits per heavy atom. The van der Waals surface area contributed by atoms with Crippen LogP contribution in [0.5, 0.6) is 0 Å². The second kappa shape index (κ2) is 7.00. The van der Waals surface area contributed by atoms with Gasteiger partial charge in [0.1, 0.15) is 5.69 Å². The normalized spacial score (nSPS) is 10.1. The zero-order valence-electron chi connectivity index (χ0n) is 13.1. The Morgan fingerprint density at radius 3 is 1.88 bits per heavy atom. The molecule has 4 N–H and O–H groups in total. The van der Waals surface area contributed by atoms with Crippen LogP contribution in [0.2, 0.25) is 0 Å². The molecule has 2 rings (SSSR count). The fourth-order valence-corrected chi connectivity index (χ4v) is 2.24. The predicted molar refractivity (Wildman–Crippen MR) is 89.5 cm³/mol. The van der Waals surface area contributed by atoms with Gasteiger partial charge in [-0.2, -0.15) is 5.21 Å². The summed E-state index contributed by atoms with van der Waals surface area (Å²) in [6.45, 7) is 4.01. The highest BCUT2D eigenvalue weighted by atomic mass is 32.1. The standard InChI is InChI=1S/C13H15N7O3S/c1-6(21)14-9-4-10(15-7(2)22)12(11(5-9)16-8(3)23)20-13(24)17-18-19-20/h4-5H,1-3H3,(H,14,21)(H,15,22)(H,16,23)(H,17,19,24). The first-order chi connectivity index (χ1) is 11.3. The highest BCUT2D eigenvalue weighted by molar-refractivity contribution is 7.71. The van der Waals surface area contributed by atoms with Crippen LogP contribution < -0.4 is 16.0 Å². The van der Waals surface area contributed by atoms with Gasteiger partial charge in [0.15, 0.2) is 0 Å². The van der Waals surface area contributed by atoms with E-state index in [9.17, 15) is 14.4 Å². The number of benzene rings is 1. The van der Waals surface area contributed by atoms with Crippen molar-refractivity contribution in [3.63, 3.8) is 0 Å². The molecule has 1 aromatic heterocycles. The molecule has 2 aromatic rings. The van der Waals surface area contributed by atoms with Crippen molar-refractivity contribution in [3.8, 4) is 5.69 Å². The minimum Gasteiger partial charge on any atom is -0.326 e. The molecule has 1 aromatic carbocycles. The number of hydrogen-bond acceptors (Lipinski definition) is 6. The van der Waals surface area contributed by atoms with Crippen molar-refractivity contribution in [2.24, 2.45) is 0 Å². The van der Waals surface area contributed by atoms with E-state index in [0.29, 0.717) is 22.7 Å². The molecule has 0 bridgehead atoms. The van der Waals surface area contributed by atoms with Crippen LogP contribution in [-0.4, -0.2) is 37.9 Å². The van der Waals surface area contributed by atoms with Crippen molar-refractivity contribution in [1.29, 1.82) is 0 Å². The van der Waals surface area contributed by atoms with Gasteiger partial charge in [-0.1, -0.05) is 10.3 Å². The Balaban J connectivity index is 2.73. The van der Waals surface area contributed by atoms with E-state index in [2.05, 4.69) is 31.5 Å². The minimum atomic E-state index is -0.344. The smallest absolute Gasteiger partial charge is 0.243 e. The summed E-state index contributed by atoms with van der Waals surface area (Å²) in [5.41, 5.74) is 1.33. The van der Waals surface area contributed by atoms with Crippen LogP contribution in [0.15, 0.2) is 12.1 Å². The van der Waals surface area contributed by atoms with Crippen LogP contribution >= 0.6 is 12.2 Å². The summed E-state index contributed by atoms with van der Waals surface area (Å²) < 4.78 is 1.42. The van der Waals surface area contributed by atoms with E-state index < -0.39 is 0 Å². The summed E-state index contributed by atoms with van der Waals surface area (Å²) in [4.78, 5) is 34.4. The first-order valence-electron chi connectivity index (χ1n) is 6.79. The molecule has 0 radical (unpaired) electrons. The Hall–Kier alpha value is -3.08. The van der Waals surface area contributed by atoms with Crippen molar-refractivity contribution < 1.29 is 14.4 Å². The van der Waals surface area contributed by atoms with Gasteiger partial charge in [-0.25, -0.2) is 4.68 Å². The molecule has 0 aliphatic carbocycles. The van der Waals surface area contributed by atoms with Crippen LogP contribution in [0.1, 0.15) is 20.8 Å². The lowest BCUT2D eigenvalue weighted by molar-refractivity contribution is -0.115. The summed E-state index contributed by atoms with van der Waals surface area (Å²) in [6.07, 6.45) is 0. The number of carbonyl (C=O) groups is 3. The second-order valence-electron chi connectivity index (χ2n) is 4.88. The molecule has 3 amide bonds. The lowest BCUT2D eigenvalue weighted by atomic mass is 10.2. The van der Waals surface area contributed by atoms with E-state index >= 15 is 0 Å². The number of amides is 3. The summed E-state index contributed by atoms with van der Waals surface area (Å²) in [5.74, 6) is -0.988. The first kappa shape index (κ1) is 17.3. The number of aromatic amines is 1. The third-order valence-corrected chi connectivity index (χ3v) is 3.01. The molecule has 0 saturated heterocycles. The minimum absolute atomic E-state index is 0.0977. The van der Waals surface area contributed by atoms with Gasteiger partial charge in [-0.3, -0.25) is 14.4 Å². The number of carbonyl (C=O) groups excluding carboxylic acids is 3. The van der Waals surface area contributed by atoms with Crippen molar-refractivity contribution in [2.75, 3.05) is 16.0 Å². The fraction of sp³-hybridized carbons (Fsp3) is 0.231. The number of tetrazole rings is 1. The van der Waals surface area contributed by atoms with Gasteiger partial charge < -0.3 is 16.0 Å². The summed E-state index contributed by atoms with van der Waals surface area (Å²) in [5, 5.41) is 17.7. The molecule has 126 valence electrons. The Morgan fingerprint density at radius 2 is 1.50 bits per heavy atom. The van der Waals surface area contributed by atoms with E-state index in [-0.39, 0.29) is 22.5 Å². The quantitative estimate of drug-likeness (QED) is 0.613. The van der Waals surface area contributed by atoms with Gasteiger partial charge in [0.05, 0.1) is 11.4 Å². The lowest BCUT2D eigenvalue weighted by Crippen LogP contribution is -2.16.